The van der Waals surface area contributed by atoms with Crippen LogP contribution in [0.3, 0.4) is 0 Å². The van der Waals surface area contributed by atoms with E-state index < -0.39 is 90.5 Å². The van der Waals surface area contributed by atoms with Gasteiger partial charge >= 0.3 is 17.1 Å². The quantitative estimate of drug-likeness (QED) is 0.133. The Morgan fingerprint density at radius 2 is 1.02 bits per heavy atom. The molecular formula is C22H28N6O14. The van der Waals surface area contributed by atoms with Crippen molar-refractivity contribution in [1.29, 1.82) is 0 Å². The van der Waals surface area contributed by atoms with Crippen molar-refractivity contribution in [2.75, 3.05) is 13.2 Å². The van der Waals surface area contributed by atoms with E-state index in [1.54, 1.807) is 0 Å². The highest BCUT2D eigenvalue weighted by atomic mass is 16.6. The van der Waals surface area contributed by atoms with Crippen LogP contribution in [0.5, 0.6) is 0 Å². The number of rotatable bonds is 4. The predicted molar refractivity (Wildman–Crippen MR) is 136 cm³/mol. The molecule has 230 valence electrons. The second kappa shape index (κ2) is 14.1. The number of nitrogens with zero attached hydrogens (tertiary/aromatic N) is 2. The molecule has 5 heterocycles. The van der Waals surface area contributed by atoms with Crippen LogP contribution >= 0.6 is 0 Å². The van der Waals surface area contributed by atoms with Crippen molar-refractivity contribution in [3.05, 3.63) is 99.3 Å². The number of aromatic nitrogens is 6. The Kier molecular flexibility index (Phi) is 10.8. The van der Waals surface area contributed by atoms with Gasteiger partial charge in [0, 0.05) is 36.8 Å². The molecule has 0 bridgehead atoms. The molecule has 0 saturated carbocycles. The molecule has 5 rings (SSSR count). The number of aliphatic hydroxyl groups is 6. The molecule has 20 nitrogen and oxygen atoms in total. The maximum Gasteiger partial charge on any atom is 0.330 e. The molecule has 3 aromatic rings. The summed E-state index contributed by atoms with van der Waals surface area (Å²) in [6.07, 6.45) is -5.87. The van der Waals surface area contributed by atoms with E-state index in [9.17, 15) is 49.2 Å². The van der Waals surface area contributed by atoms with Crippen LogP contribution in [0.4, 0.5) is 0 Å². The lowest BCUT2D eigenvalue weighted by Crippen LogP contribution is -2.37. The summed E-state index contributed by atoms with van der Waals surface area (Å²) in [5.74, 6) is 0. The van der Waals surface area contributed by atoms with E-state index in [1.807, 2.05) is 15.0 Å². The van der Waals surface area contributed by atoms with Gasteiger partial charge in [-0.3, -0.25) is 38.5 Å². The molecule has 20 heteroatoms. The SMILES string of the molecule is O=c1cc[nH]c(=O)[nH]1.O=c1ccn([C@@H]2O[C@H](CO)[C@@H](O)[C@H]2O)c(=O)[nH]1.O=c1ccn([C@@H]2O[C@H](CO)[C@@H](O)[C@H]2O)c(=O)[nH]1. The highest BCUT2D eigenvalue weighted by Gasteiger charge is 2.44. The van der Waals surface area contributed by atoms with Crippen molar-refractivity contribution < 1.29 is 40.1 Å². The second-order valence-electron chi connectivity index (χ2n) is 8.79. The van der Waals surface area contributed by atoms with E-state index in [2.05, 4.69) is 4.98 Å². The summed E-state index contributed by atoms with van der Waals surface area (Å²) in [5.41, 5.74) is -3.51. The van der Waals surface area contributed by atoms with E-state index in [4.69, 9.17) is 19.7 Å². The van der Waals surface area contributed by atoms with Gasteiger partial charge in [0.1, 0.15) is 36.6 Å². The highest BCUT2D eigenvalue weighted by molar-refractivity contribution is 4.94. The molecule has 0 radical (unpaired) electrons. The number of H-pyrrole nitrogens is 4. The molecule has 0 aromatic carbocycles. The first-order chi connectivity index (χ1) is 19.9. The molecule has 2 aliphatic rings. The fourth-order valence-electron chi connectivity index (χ4n) is 3.86. The minimum Gasteiger partial charge on any atom is -0.394 e. The molecule has 2 saturated heterocycles. The first-order valence-corrected chi connectivity index (χ1v) is 12.0. The Bertz CT molecular complexity index is 1550. The molecule has 0 unspecified atom stereocenters. The van der Waals surface area contributed by atoms with Gasteiger partial charge in [-0.1, -0.05) is 0 Å². The van der Waals surface area contributed by atoms with Gasteiger partial charge in [0.15, 0.2) is 12.5 Å². The minimum atomic E-state index is -1.35. The molecular weight excluding hydrogens is 572 g/mol. The number of ether oxygens (including phenoxy) is 2. The smallest absolute Gasteiger partial charge is 0.330 e. The Balaban J connectivity index is 0.000000184. The van der Waals surface area contributed by atoms with Crippen molar-refractivity contribution in [3.8, 4) is 0 Å². The van der Waals surface area contributed by atoms with Gasteiger partial charge in [0.25, 0.3) is 16.7 Å². The molecule has 0 spiro atoms. The molecule has 3 aromatic heterocycles. The molecule has 2 aliphatic heterocycles. The topological polar surface area (TPSA) is 315 Å². The fourth-order valence-corrected chi connectivity index (χ4v) is 3.86. The third-order valence-electron chi connectivity index (χ3n) is 5.97. The van der Waals surface area contributed by atoms with Crippen molar-refractivity contribution in [1.82, 2.24) is 29.1 Å². The van der Waals surface area contributed by atoms with Crippen LogP contribution < -0.4 is 33.7 Å². The fraction of sp³-hybridized carbons (Fsp3) is 0.455. The van der Waals surface area contributed by atoms with Crippen molar-refractivity contribution in [3.63, 3.8) is 0 Å². The van der Waals surface area contributed by atoms with E-state index in [0.717, 1.165) is 33.7 Å². The van der Waals surface area contributed by atoms with Gasteiger partial charge in [-0.25, -0.2) is 14.4 Å². The summed E-state index contributed by atoms with van der Waals surface area (Å²) in [7, 11) is 0. The van der Waals surface area contributed by atoms with Gasteiger partial charge in [-0.05, 0) is 0 Å². The Morgan fingerprint density at radius 3 is 1.31 bits per heavy atom. The number of aromatic amines is 4. The zero-order valence-electron chi connectivity index (χ0n) is 21.3. The van der Waals surface area contributed by atoms with Crippen LogP contribution in [-0.2, 0) is 9.47 Å². The summed E-state index contributed by atoms with van der Waals surface area (Å²) >= 11 is 0. The number of nitrogens with one attached hydrogen (secondary N) is 4. The molecule has 0 aliphatic carbocycles. The van der Waals surface area contributed by atoms with Gasteiger partial charge in [0.05, 0.1) is 13.2 Å². The third kappa shape index (κ3) is 7.51. The van der Waals surface area contributed by atoms with E-state index >= 15 is 0 Å². The summed E-state index contributed by atoms with van der Waals surface area (Å²) in [5, 5.41) is 56.1. The van der Waals surface area contributed by atoms with Gasteiger partial charge < -0.3 is 45.1 Å². The Morgan fingerprint density at radius 1 is 0.619 bits per heavy atom. The number of aliphatic hydroxyl groups excluding tert-OH is 6. The number of hydrogen-bond donors (Lipinski definition) is 10. The van der Waals surface area contributed by atoms with E-state index in [-0.39, 0.29) is 5.56 Å². The van der Waals surface area contributed by atoms with Crippen molar-refractivity contribution in [2.24, 2.45) is 0 Å². The molecule has 2 fully saturated rings. The van der Waals surface area contributed by atoms with Crippen LogP contribution in [0.15, 0.2) is 65.6 Å². The highest BCUT2D eigenvalue weighted by Crippen LogP contribution is 2.28. The lowest BCUT2D eigenvalue weighted by Gasteiger charge is -2.16. The lowest BCUT2D eigenvalue weighted by atomic mass is 10.1. The number of hydrogen-bond acceptors (Lipinski definition) is 14. The minimum absolute atomic E-state index is 0.381. The third-order valence-corrected chi connectivity index (χ3v) is 5.97. The monoisotopic (exact) mass is 600 g/mol. The van der Waals surface area contributed by atoms with Crippen LogP contribution in [0.1, 0.15) is 12.5 Å². The summed E-state index contributed by atoms with van der Waals surface area (Å²) in [6.45, 7) is -0.959. The second-order valence-corrected chi connectivity index (χ2v) is 8.79. The van der Waals surface area contributed by atoms with Gasteiger partial charge in [-0.15, -0.1) is 0 Å². The van der Waals surface area contributed by atoms with Crippen LogP contribution in [0.2, 0.25) is 0 Å². The first-order valence-electron chi connectivity index (χ1n) is 12.0. The Labute approximate surface area is 231 Å². The summed E-state index contributed by atoms with van der Waals surface area (Å²) in [4.78, 5) is 73.3. The van der Waals surface area contributed by atoms with E-state index in [0.29, 0.717) is 0 Å². The maximum absolute atomic E-state index is 11.4. The normalized spacial score (nSPS) is 28.3. The zero-order chi connectivity index (χ0) is 31.1. The van der Waals surface area contributed by atoms with Gasteiger partial charge in [0.2, 0.25) is 0 Å². The average molecular weight is 600 g/mol. The van der Waals surface area contributed by atoms with Crippen LogP contribution in [-0.4, -0.2) is 110 Å². The lowest BCUT2D eigenvalue weighted by molar-refractivity contribution is -0.0550. The maximum atomic E-state index is 11.4. The van der Waals surface area contributed by atoms with E-state index in [1.165, 1.54) is 12.3 Å². The van der Waals surface area contributed by atoms with Crippen LogP contribution in [0, 0.1) is 0 Å². The molecule has 10 N–H and O–H groups in total. The molecule has 8 atom stereocenters. The van der Waals surface area contributed by atoms with Gasteiger partial charge in [-0.2, -0.15) is 0 Å². The summed E-state index contributed by atoms with van der Waals surface area (Å²) in [6, 6.07) is 3.42. The molecule has 0 amide bonds. The average Bonchev–Trinajstić information content (AvgIpc) is 3.39. The van der Waals surface area contributed by atoms with Crippen molar-refractivity contribution in [2.45, 2.75) is 49.1 Å². The zero-order valence-corrected chi connectivity index (χ0v) is 21.3. The van der Waals surface area contributed by atoms with Crippen molar-refractivity contribution >= 4 is 0 Å². The standard InChI is InChI=1S/2C9H12N2O6.C4H4N2O2/c2*12-3-4-6(14)7(15)8(17-4)11-2-1-5(13)10-9(11)16;7-3-1-2-5-4(8)6-3/h2*1-2,4,6-8,12,14-15H,3H2,(H,10,13,16);1-2H,(H2,5,6,7,8)/t2*4-,6-,7-,8-;/m11./s1. The molecule has 42 heavy (non-hydrogen) atoms. The largest absolute Gasteiger partial charge is 0.394 e. The predicted octanol–water partition coefficient (Wildman–Crippen LogP) is -6.64. The Hall–Kier alpha value is -4.28. The first kappa shape index (κ1) is 32.2. The van der Waals surface area contributed by atoms with Crippen LogP contribution in [0.25, 0.3) is 0 Å². The summed E-state index contributed by atoms with van der Waals surface area (Å²) < 4.78 is 12.2.